The molecule has 1 aliphatic rings. The maximum atomic E-state index is 12.6. The van der Waals surface area contributed by atoms with Gasteiger partial charge in [0.15, 0.2) is 0 Å². The van der Waals surface area contributed by atoms with E-state index in [1.54, 1.807) is 7.11 Å². The number of pyridine rings is 1. The Labute approximate surface area is 141 Å². The number of methoxy groups -OCH3 is 1. The van der Waals surface area contributed by atoms with Crippen molar-refractivity contribution >= 4 is 23.0 Å². The van der Waals surface area contributed by atoms with Gasteiger partial charge < -0.3 is 14.5 Å². The van der Waals surface area contributed by atoms with E-state index < -0.39 is 0 Å². The fourth-order valence-corrected chi connectivity index (χ4v) is 3.67. The average Bonchev–Trinajstić information content (AvgIpc) is 3.19. The Balaban J connectivity index is 1.84. The predicted molar refractivity (Wildman–Crippen MR) is 92.3 cm³/mol. The minimum absolute atomic E-state index is 0.0360. The van der Waals surface area contributed by atoms with E-state index >= 15 is 0 Å². The van der Waals surface area contributed by atoms with E-state index in [4.69, 9.17) is 16.3 Å². The SMILES string of the molecule is COCCc1cc(C(=O)NCC2CCCC2)c2c(Cl)cccn12. The smallest absolute Gasteiger partial charge is 0.253 e. The third kappa shape index (κ3) is 3.54. The molecule has 3 rings (SSSR count). The molecule has 1 aliphatic carbocycles. The lowest BCUT2D eigenvalue weighted by Gasteiger charge is -2.10. The zero-order valence-electron chi connectivity index (χ0n) is 13.5. The lowest BCUT2D eigenvalue weighted by atomic mass is 10.1. The first-order chi connectivity index (χ1) is 11.2. The Morgan fingerprint density at radius 2 is 2.22 bits per heavy atom. The second kappa shape index (κ2) is 7.37. The van der Waals surface area contributed by atoms with Gasteiger partial charge in [0, 0.05) is 32.0 Å². The van der Waals surface area contributed by atoms with Crippen LogP contribution in [0.3, 0.4) is 0 Å². The van der Waals surface area contributed by atoms with Gasteiger partial charge in [0.2, 0.25) is 0 Å². The summed E-state index contributed by atoms with van der Waals surface area (Å²) in [6.07, 6.45) is 7.69. The molecule has 0 radical (unpaired) electrons. The van der Waals surface area contributed by atoms with Crippen LogP contribution in [0.4, 0.5) is 0 Å². The molecule has 0 aliphatic heterocycles. The van der Waals surface area contributed by atoms with Crippen LogP contribution < -0.4 is 5.32 Å². The lowest BCUT2D eigenvalue weighted by molar-refractivity contribution is 0.0949. The van der Waals surface area contributed by atoms with Crippen molar-refractivity contribution in [3.8, 4) is 0 Å². The molecule has 4 nitrogen and oxygen atoms in total. The summed E-state index contributed by atoms with van der Waals surface area (Å²) in [6.45, 7) is 1.37. The number of rotatable bonds is 6. The van der Waals surface area contributed by atoms with E-state index in [2.05, 4.69) is 5.32 Å². The van der Waals surface area contributed by atoms with Crippen LogP contribution in [0.25, 0.3) is 5.52 Å². The van der Waals surface area contributed by atoms with Gasteiger partial charge in [-0.15, -0.1) is 0 Å². The Kier molecular flexibility index (Phi) is 5.23. The number of hydrogen-bond donors (Lipinski definition) is 1. The molecule has 0 atom stereocenters. The number of aromatic nitrogens is 1. The van der Waals surface area contributed by atoms with Crippen LogP contribution in [0.5, 0.6) is 0 Å². The summed E-state index contributed by atoms with van der Waals surface area (Å²) in [4.78, 5) is 12.6. The molecule has 0 spiro atoms. The highest BCUT2D eigenvalue weighted by atomic mass is 35.5. The summed E-state index contributed by atoms with van der Waals surface area (Å²) in [5.41, 5.74) is 2.47. The maximum absolute atomic E-state index is 12.6. The average molecular weight is 335 g/mol. The molecule has 1 amide bonds. The number of nitrogens with zero attached hydrogens (tertiary/aromatic N) is 1. The second-order valence-electron chi connectivity index (χ2n) is 6.23. The van der Waals surface area contributed by atoms with E-state index in [1.165, 1.54) is 25.7 Å². The van der Waals surface area contributed by atoms with Crippen molar-refractivity contribution in [1.82, 2.24) is 9.72 Å². The molecule has 124 valence electrons. The van der Waals surface area contributed by atoms with Gasteiger partial charge in [0.1, 0.15) is 0 Å². The standard InChI is InChI=1S/C18H23ClN2O2/c1-23-10-8-14-11-15(17-16(19)7-4-9-21(14)17)18(22)20-12-13-5-2-3-6-13/h4,7,9,11,13H,2-3,5-6,8,10,12H2,1H3,(H,20,22). The summed E-state index contributed by atoms with van der Waals surface area (Å²) < 4.78 is 7.15. The number of carbonyl (C=O) groups excluding carboxylic acids is 1. The molecule has 23 heavy (non-hydrogen) atoms. The van der Waals surface area contributed by atoms with E-state index in [9.17, 15) is 4.79 Å². The second-order valence-corrected chi connectivity index (χ2v) is 6.63. The zero-order chi connectivity index (χ0) is 16.2. The van der Waals surface area contributed by atoms with Gasteiger partial charge >= 0.3 is 0 Å². The van der Waals surface area contributed by atoms with Gasteiger partial charge in [-0.1, -0.05) is 24.4 Å². The summed E-state index contributed by atoms with van der Waals surface area (Å²) in [5, 5.41) is 3.69. The van der Waals surface area contributed by atoms with Crippen LogP contribution >= 0.6 is 11.6 Å². The molecule has 2 aromatic heterocycles. The van der Waals surface area contributed by atoms with Crippen molar-refractivity contribution in [1.29, 1.82) is 0 Å². The van der Waals surface area contributed by atoms with Crippen LogP contribution in [0, 0.1) is 5.92 Å². The molecule has 0 aromatic carbocycles. The molecule has 1 fully saturated rings. The lowest BCUT2D eigenvalue weighted by Crippen LogP contribution is -2.28. The molecule has 1 saturated carbocycles. The number of fused-ring (bicyclic) bond motifs is 1. The predicted octanol–water partition coefficient (Wildman–Crippen LogP) is 3.70. The minimum atomic E-state index is -0.0360. The van der Waals surface area contributed by atoms with Gasteiger partial charge in [-0.25, -0.2) is 0 Å². The number of halogens is 1. The maximum Gasteiger partial charge on any atom is 0.253 e. The highest BCUT2D eigenvalue weighted by molar-refractivity contribution is 6.34. The van der Waals surface area contributed by atoms with Crippen LogP contribution in [0.1, 0.15) is 41.7 Å². The highest BCUT2D eigenvalue weighted by Crippen LogP contribution is 2.26. The van der Waals surface area contributed by atoms with Crippen LogP contribution in [0.2, 0.25) is 5.02 Å². The Hall–Kier alpha value is -1.52. The first-order valence-electron chi connectivity index (χ1n) is 8.26. The Morgan fingerprint density at radius 1 is 1.43 bits per heavy atom. The highest BCUT2D eigenvalue weighted by Gasteiger charge is 2.20. The number of ether oxygens (including phenoxy) is 1. The largest absolute Gasteiger partial charge is 0.384 e. The molecule has 2 heterocycles. The van der Waals surface area contributed by atoms with Crippen molar-refractivity contribution in [2.75, 3.05) is 20.3 Å². The Bertz CT molecular complexity index is 690. The molecule has 1 N–H and O–H groups in total. The summed E-state index contributed by atoms with van der Waals surface area (Å²) in [6, 6.07) is 5.65. The fraction of sp³-hybridized carbons (Fsp3) is 0.500. The van der Waals surface area contributed by atoms with Crippen molar-refractivity contribution in [3.63, 3.8) is 0 Å². The molecular weight excluding hydrogens is 312 g/mol. The summed E-state index contributed by atoms with van der Waals surface area (Å²) in [7, 11) is 1.68. The number of carbonyl (C=O) groups is 1. The van der Waals surface area contributed by atoms with E-state index in [0.717, 1.165) is 24.2 Å². The van der Waals surface area contributed by atoms with E-state index in [-0.39, 0.29) is 5.91 Å². The van der Waals surface area contributed by atoms with Gasteiger partial charge in [-0.05, 0) is 37.0 Å². The van der Waals surface area contributed by atoms with E-state index in [1.807, 2.05) is 28.8 Å². The normalized spacial score (nSPS) is 15.4. The summed E-state index contributed by atoms with van der Waals surface area (Å²) >= 11 is 6.35. The van der Waals surface area contributed by atoms with Crippen molar-refractivity contribution in [2.45, 2.75) is 32.1 Å². The van der Waals surface area contributed by atoms with Gasteiger partial charge in [0.25, 0.3) is 5.91 Å². The summed E-state index contributed by atoms with van der Waals surface area (Å²) in [5.74, 6) is 0.586. The molecule has 2 aromatic rings. The molecule has 5 heteroatoms. The van der Waals surface area contributed by atoms with Crippen molar-refractivity contribution in [3.05, 3.63) is 40.7 Å². The minimum Gasteiger partial charge on any atom is -0.384 e. The first kappa shape index (κ1) is 16.3. The first-order valence-corrected chi connectivity index (χ1v) is 8.64. The Morgan fingerprint density at radius 3 is 2.96 bits per heavy atom. The number of amides is 1. The van der Waals surface area contributed by atoms with Gasteiger partial charge in [0.05, 0.1) is 22.7 Å². The third-order valence-corrected chi connectivity index (χ3v) is 4.96. The number of nitrogens with one attached hydrogen (secondary N) is 1. The molecular formula is C18H23ClN2O2. The molecule has 0 bridgehead atoms. The number of hydrogen-bond acceptors (Lipinski definition) is 2. The van der Waals surface area contributed by atoms with Gasteiger partial charge in [-0.3, -0.25) is 4.79 Å². The van der Waals surface area contributed by atoms with E-state index in [0.29, 0.717) is 23.1 Å². The van der Waals surface area contributed by atoms with Crippen LogP contribution in [-0.4, -0.2) is 30.6 Å². The van der Waals surface area contributed by atoms with Crippen LogP contribution in [-0.2, 0) is 11.2 Å². The zero-order valence-corrected chi connectivity index (χ0v) is 14.2. The third-order valence-electron chi connectivity index (χ3n) is 4.65. The topological polar surface area (TPSA) is 42.7 Å². The fourth-order valence-electron chi connectivity index (χ4n) is 3.40. The van der Waals surface area contributed by atoms with Crippen LogP contribution in [0.15, 0.2) is 24.4 Å². The van der Waals surface area contributed by atoms with Crippen molar-refractivity contribution < 1.29 is 9.53 Å². The van der Waals surface area contributed by atoms with Crippen molar-refractivity contribution in [2.24, 2.45) is 5.92 Å². The van der Waals surface area contributed by atoms with Gasteiger partial charge in [-0.2, -0.15) is 0 Å². The monoisotopic (exact) mass is 334 g/mol. The molecule has 0 saturated heterocycles. The quantitative estimate of drug-likeness (QED) is 0.875. The molecule has 0 unspecified atom stereocenters.